The molecule has 100 valence electrons. The lowest BCUT2D eigenvalue weighted by molar-refractivity contribution is 0.400. The molecule has 1 N–H and O–H groups in total. The maximum atomic E-state index is 4.95. The second-order valence-corrected chi connectivity index (χ2v) is 4.08. The normalized spacial score (nSPS) is 11.1. The molecule has 7 heteroatoms. The number of hydrogen-bond acceptors (Lipinski definition) is 6. The number of aromatic nitrogens is 5. The first kappa shape index (κ1) is 12.1. The molecule has 0 aliphatic rings. The number of tetrazole rings is 1. The molecule has 0 amide bonds. The molecule has 3 aromatic rings. The summed E-state index contributed by atoms with van der Waals surface area (Å²) in [5, 5.41) is 18.4. The van der Waals surface area contributed by atoms with E-state index in [0.29, 0.717) is 11.6 Å². The van der Waals surface area contributed by atoms with Crippen LogP contribution in [0.4, 0.5) is 5.82 Å². The average molecular weight is 268 g/mol. The van der Waals surface area contributed by atoms with Gasteiger partial charge in [-0.25, -0.2) is 0 Å². The van der Waals surface area contributed by atoms with Crippen molar-refractivity contribution in [2.75, 3.05) is 5.32 Å². The third-order valence-electron chi connectivity index (χ3n) is 2.59. The minimum absolute atomic E-state index is 0.615. The number of nitrogens with zero attached hydrogens (tertiary/aromatic N) is 5. The monoisotopic (exact) mass is 268 g/mol. The predicted molar refractivity (Wildman–Crippen MR) is 73.1 cm³/mol. The third kappa shape index (κ3) is 2.56. The molecule has 0 atom stereocenters. The van der Waals surface area contributed by atoms with Crippen LogP contribution in [0.1, 0.15) is 11.6 Å². The van der Waals surface area contributed by atoms with E-state index in [2.05, 4.69) is 26.0 Å². The SMILES string of the molecule is Cc1cc(N/C=C/c2nnnn2-c2ccccc2)no1. The van der Waals surface area contributed by atoms with Crippen molar-refractivity contribution >= 4 is 11.9 Å². The van der Waals surface area contributed by atoms with Crippen LogP contribution in [0.2, 0.25) is 0 Å². The van der Waals surface area contributed by atoms with E-state index in [9.17, 15) is 0 Å². The van der Waals surface area contributed by atoms with Crippen molar-refractivity contribution in [2.24, 2.45) is 0 Å². The zero-order valence-electron chi connectivity index (χ0n) is 10.8. The average Bonchev–Trinajstić information content (AvgIpc) is 3.09. The van der Waals surface area contributed by atoms with Crippen LogP contribution in [0, 0.1) is 6.92 Å². The van der Waals surface area contributed by atoms with Gasteiger partial charge in [0.1, 0.15) is 5.76 Å². The highest BCUT2D eigenvalue weighted by molar-refractivity contribution is 5.49. The number of aryl methyl sites for hydroxylation is 1. The number of hydrogen-bond donors (Lipinski definition) is 1. The number of rotatable bonds is 4. The topological polar surface area (TPSA) is 81.7 Å². The summed E-state index contributed by atoms with van der Waals surface area (Å²) in [4.78, 5) is 0. The summed E-state index contributed by atoms with van der Waals surface area (Å²) in [6, 6.07) is 11.5. The molecular formula is C13H12N6O. The van der Waals surface area contributed by atoms with Gasteiger partial charge in [0.2, 0.25) is 0 Å². The van der Waals surface area contributed by atoms with Gasteiger partial charge in [-0.3, -0.25) is 0 Å². The molecule has 3 rings (SSSR count). The fraction of sp³-hybridized carbons (Fsp3) is 0.0769. The van der Waals surface area contributed by atoms with Crippen molar-refractivity contribution in [1.82, 2.24) is 25.4 Å². The zero-order chi connectivity index (χ0) is 13.8. The van der Waals surface area contributed by atoms with E-state index in [1.807, 2.05) is 37.3 Å². The summed E-state index contributed by atoms with van der Waals surface area (Å²) in [6.45, 7) is 1.83. The summed E-state index contributed by atoms with van der Waals surface area (Å²) < 4.78 is 6.60. The first-order valence-corrected chi connectivity index (χ1v) is 6.03. The van der Waals surface area contributed by atoms with Gasteiger partial charge in [0, 0.05) is 18.3 Å². The molecule has 1 aromatic carbocycles. The molecule has 2 heterocycles. The Balaban J connectivity index is 1.77. The van der Waals surface area contributed by atoms with Gasteiger partial charge in [-0.1, -0.05) is 23.4 Å². The largest absolute Gasteiger partial charge is 0.360 e. The van der Waals surface area contributed by atoms with Gasteiger partial charge in [0.15, 0.2) is 11.6 Å². The number of anilines is 1. The predicted octanol–water partition coefficient (Wildman–Crippen LogP) is 2.04. The number of para-hydroxylation sites is 1. The molecule has 0 bridgehead atoms. The molecule has 0 aliphatic heterocycles. The van der Waals surface area contributed by atoms with Crippen LogP contribution in [-0.4, -0.2) is 25.4 Å². The Bertz CT molecular complexity index is 715. The quantitative estimate of drug-likeness (QED) is 0.779. The van der Waals surface area contributed by atoms with Gasteiger partial charge in [-0.15, -0.1) is 5.10 Å². The summed E-state index contributed by atoms with van der Waals surface area (Å²) in [6.07, 6.45) is 3.47. The highest BCUT2D eigenvalue weighted by Crippen LogP contribution is 2.09. The Labute approximate surface area is 114 Å². The van der Waals surface area contributed by atoms with Gasteiger partial charge in [-0.05, 0) is 29.5 Å². The van der Waals surface area contributed by atoms with E-state index >= 15 is 0 Å². The first-order chi connectivity index (χ1) is 9.83. The summed E-state index contributed by atoms with van der Waals surface area (Å²) >= 11 is 0. The Morgan fingerprint density at radius 1 is 1.25 bits per heavy atom. The van der Waals surface area contributed by atoms with Gasteiger partial charge in [0.25, 0.3) is 0 Å². The van der Waals surface area contributed by atoms with Gasteiger partial charge in [0.05, 0.1) is 5.69 Å². The minimum Gasteiger partial charge on any atom is -0.360 e. The standard InChI is InChI=1S/C13H12N6O/c1-10-9-12(16-20-10)14-8-7-13-15-17-18-19(13)11-5-3-2-4-6-11/h2-9H,1H3,(H,14,16)/b8-7+. The Kier molecular flexibility index (Phi) is 3.24. The van der Waals surface area contributed by atoms with Gasteiger partial charge in [-0.2, -0.15) is 4.68 Å². The maximum Gasteiger partial charge on any atom is 0.181 e. The molecule has 0 aliphatic carbocycles. The molecule has 0 spiro atoms. The number of benzene rings is 1. The molecule has 0 unspecified atom stereocenters. The van der Waals surface area contributed by atoms with Crippen LogP contribution in [0.3, 0.4) is 0 Å². The van der Waals surface area contributed by atoms with Crippen LogP contribution < -0.4 is 5.32 Å². The third-order valence-corrected chi connectivity index (χ3v) is 2.59. The summed E-state index contributed by atoms with van der Waals surface area (Å²) in [7, 11) is 0. The lowest BCUT2D eigenvalue weighted by atomic mass is 10.3. The van der Waals surface area contributed by atoms with Crippen molar-refractivity contribution < 1.29 is 4.52 Å². The van der Waals surface area contributed by atoms with E-state index in [1.54, 1.807) is 23.0 Å². The molecule has 0 fully saturated rings. The Morgan fingerprint density at radius 2 is 2.10 bits per heavy atom. The number of nitrogens with one attached hydrogen (secondary N) is 1. The summed E-state index contributed by atoms with van der Waals surface area (Å²) in [5.74, 6) is 2.00. The molecule has 20 heavy (non-hydrogen) atoms. The Morgan fingerprint density at radius 3 is 2.85 bits per heavy atom. The molecule has 0 radical (unpaired) electrons. The second-order valence-electron chi connectivity index (χ2n) is 4.08. The molecule has 0 saturated heterocycles. The van der Waals surface area contributed by atoms with Crippen LogP contribution in [-0.2, 0) is 0 Å². The van der Waals surface area contributed by atoms with E-state index in [0.717, 1.165) is 11.4 Å². The molecule has 0 saturated carbocycles. The fourth-order valence-corrected chi connectivity index (χ4v) is 1.69. The maximum absolute atomic E-state index is 4.95. The van der Waals surface area contributed by atoms with E-state index in [1.165, 1.54) is 0 Å². The van der Waals surface area contributed by atoms with Crippen LogP contribution in [0.25, 0.3) is 11.8 Å². The van der Waals surface area contributed by atoms with Crippen molar-refractivity contribution in [3.63, 3.8) is 0 Å². The van der Waals surface area contributed by atoms with Crippen molar-refractivity contribution in [2.45, 2.75) is 6.92 Å². The Hall–Kier alpha value is -2.96. The lowest BCUT2D eigenvalue weighted by Gasteiger charge is -2.00. The van der Waals surface area contributed by atoms with Crippen molar-refractivity contribution in [3.8, 4) is 5.69 Å². The minimum atomic E-state index is 0.615. The highest BCUT2D eigenvalue weighted by Gasteiger charge is 2.04. The highest BCUT2D eigenvalue weighted by atomic mass is 16.5. The smallest absolute Gasteiger partial charge is 0.181 e. The van der Waals surface area contributed by atoms with Crippen LogP contribution >= 0.6 is 0 Å². The van der Waals surface area contributed by atoms with E-state index < -0.39 is 0 Å². The molecule has 2 aromatic heterocycles. The second kappa shape index (κ2) is 5.35. The summed E-state index contributed by atoms with van der Waals surface area (Å²) in [5.41, 5.74) is 0.898. The van der Waals surface area contributed by atoms with Gasteiger partial charge >= 0.3 is 0 Å². The molecule has 7 nitrogen and oxygen atoms in total. The first-order valence-electron chi connectivity index (χ1n) is 6.03. The van der Waals surface area contributed by atoms with Gasteiger partial charge < -0.3 is 9.84 Å². The fourth-order valence-electron chi connectivity index (χ4n) is 1.69. The van der Waals surface area contributed by atoms with E-state index in [-0.39, 0.29) is 0 Å². The zero-order valence-corrected chi connectivity index (χ0v) is 10.8. The molecular weight excluding hydrogens is 256 g/mol. The van der Waals surface area contributed by atoms with Crippen molar-refractivity contribution in [1.29, 1.82) is 0 Å². The van der Waals surface area contributed by atoms with Crippen molar-refractivity contribution in [3.05, 3.63) is 54.2 Å². The van der Waals surface area contributed by atoms with Crippen LogP contribution in [0.15, 0.2) is 47.1 Å². The van der Waals surface area contributed by atoms with E-state index in [4.69, 9.17) is 4.52 Å². The van der Waals surface area contributed by atoms with Crippen LogP contribution in [0.5, 0.6) is 0 Å². The lowest BCUT2D eigenvalue weighted by Crippen LogP contribution is -1.99.